The lowest BCUT2D eigenvalue weighted by atomic mass is 10.1. The number of para-hydroxylation sites is 1. The SMILES string of the molecule is CCCCOc1c(C)c(COC(=O)Nc2ccc(SC)cc2)nc2ccccc12. The minimum Gasteiger partial charge on any atom is -0.493 e. The third-order valence-electron chi connectivity index (χ3n) is 4.60. The number of aromatic nitrogens is 1. The number of hydrogen-bond donors (Lipinski definition) is 1. The van der Waals surface area contributed by atoms with Gasteiger partial charge in [0.25, 0.3) is 0 Å². The first-order valence-corrected chi connectivity index (χ1v) is 10.9. The van der Waals surface area contributed by atoms with Crippen LogP contribution in [0.4, 0.5) is 10.5 Å². The molecule has 0 atom stereocenters. The fourth-order valence-corrected chi connectivity index (χ4v) is 3.34. The molecule has 0 spiro atoms. The number of nitrogens with zero attached hydrogens (tertiary/aromatic N) is 1. The fourth-order valence-electron chi connectivity index (χ4n) is 2.93. The first-order chi connectivity index (χ1) is 14.1. The van der Waals surface area contributed by atoms with E-state index < -0.39 is 6.09 Å². The van der Waals surface area contributed by atoms with Crippen LogP contribution in [0.1, 0.15) is 31.0 Å². The number of fused-ring (bicyclic) bond motifs is 1. The molecule has 3 aromatic rings. The van der Waals surface area contributed by atoms with Gasteiger partial charge in [-0.15, -0.1) is 11.8 Å². The number of unbranched alkanes of at least 4 members (excludes halogenated alkanes) is 1. The van der Waals surface area contributed by atoms with Gasteiger partial charge in [0.05, 0.1) is 17.8 Å². The number of anilines is 1. The molecule has 6 heteroatoms. The Hall–Kier alpha value is -2.73. The maximum atomic E-state index is 12.2. The average molecular weight is 411 g/mol. The summed E-state index contributed by atoms with van der Waals surface area (Å²) in [7, 11) is 0. The first-order valence-electron chi connectivity index (χ1n) is 9.71. The Morgan fingerprint density at radius 2 is 1.90 bits per heavy atom. The lowest BCUT2D eigenvalue weighted by Crippen LogP contribution is -2.14. The van der Waals surface area contributed by atoms with Crippen molar-refractivity contribution in [2.75, 3.05) is 18.2 Å². The van der Waals surface area contributed by atoms with E-state index in [1.54, 1.807) is 11.8 Å². The van der Waals surface area contributed by atoms with Crippen molar-refractivity contribution in [1.82, 2.24) is 4.98 Å². The molecular formula is C23H26N2O3S. The Morgan fingerprint density at radius 3 is 2.62 bits per heavy atom. The number of pyridine rings is 1. The summed E-state index contributed by atoms with van der Waals surface area (Å²) in [4.78, 5) is 18.0. The van der Waals surface area contributed by atoms with Crippen LogP contribution in [0.25, 0.3) is 10.9 Å². The maximum absolute atomic E-state index is 12.2. The van der Waals surface area contributed by atoms with Crippen LogP contribution in [0.3, 0.4) is 0 Å². The summed E-state index contributed by atoms with van der Waals surface area (Å²) < 4.78 is 11.5. The van der Waals surface area contributed by atoms with E-state index >= 15 is 0 Å². The van der Waals surface area contributed by atoms with Crippen LogP contribution in [-0.2, 0) is 11.3 Å². The Morgan fingerprint density at radius 1 is 1.14 bits per heavy atom. The molecule has 1 heterocycles. The first kappa shape index (κ1) is 21.0. The summed E-state index contributed by atoms with van der Waals surface area (Å²) in [5.74, 6) is 0.815. The summed E-state index contributed by atoms with van der Waals surface area (Å²) in [6.45, 7) is 4.82. The van der Waals surface area contributed by atoms with Gasteiger partial charge in [-0.25, -0.2) is 9.78 Å². The number of benzene rings is 2. The lowest BCUT2D eigenvalue weighted by molar-refractivity contribution is 0.153. The van der Waals surface area contributed by atoms with Gasteiger partial charge < -0.3 is 9.47 Å². The van der Waals surface area contributed by atoms with Gasteiger partial charge in [-0.3, -0.25) is 5.32 Å². The molecule has 0 aliphatic rings. The molecule has 0 saturated carbocycles. The highest BCUT2D eigenvalue weighted by atomic mass is 32.2. The van der Waals surface area contributed by atoms with Crippen LogP contribution in [0.2, 0.25) is 0 Å². The van der Waals surface area contributed by atoms with Crippen molar-refractivity contribution >= 4 is 34.4 Å². The highest BCUT2D eigenvalue weighted by Crippen LogP contribution is 2.31. The predicted molar refractivity (Wildman–Crippen MR) is 119 cm³/mol. The second-order valence-electron chi connectivity index (χ2n) is 6.66. The number of thioether (sulfide) groups is 1. The molecule has 0 unspecified atom stereocenters. The van der Waals surface area contributed by atoms with Crippen molar-refractivity contribution in [2.24, 2.45) is 0 Å². The van der Waals surface area contributed by atoms with Crippen LogP contribution < -0.4 is 10.1 Å². The van der Waals surface area contributed by atoms with Gasteiger partial charge in [0.15, 0.2) is 0 Å². The second-order valence-corrected chi connectivity index (χ2v) is 7.54. The summed E-state index contributed by atoms with van der Waals surface area (Å²) >= 11 is 1.65. The third kappa shape index (κ3) is 5.41. The van der Waals surface area contributed by atoms with Crippen LogP contribution in [0, 0.1) is 6.92 Å². The molecule has 2 aromatic carbocycles. The zero-order chi connectivity index (χ0) is 20.6. The molecule has 0 aliphatic heterocycles. The summed E-state index contributed by atoms with van der Waals surface area (Å²) in [5.41, 5.74) is 3.12. The highest BCUT2D eigenvalue weighted by molar-refractivity contribution is 7.98. The molecule has 0 radical (unpaired) electrons. The van der Waals surface area contributed by atoms with Crippen molar-refractivity contribution in [3.8, 4) is 5.75 Å². The minimum absolute atomic E-state index is 0.0789. The fraction of sp³-hybridized carbons (Fsp3) is 0.304. The molecule has 29 heavy (non-hydrogen) atoms. The summed E-state index contributed by atoms with van der Waals surface area (Å²) in [6.07, 6.45) is 3.55. The van der Waals surface area contributed by atoms with Gasteiger partial charge in [0.1, 0.15) is 12.4 Å². The molecule has 0 bridgehead atoms. The zero-order valence-corrected chi connectivity index (χ0v) is 17.8. The van der Waals surface area contributed by atoms with Crippen LogP contribution in [0.15, 0.2) is 53.4 Å². The summed E-state index contributed by atoms with van der Waals surface area (Å²) in [6, 6.07) is 15.5. The number of carbonyl (C=O) groups excluding carboxylic acids is 1. The van der Waals surface area contributed by atoms with E-state index in [9.17, 15) is 4.79 Å². The quantitative estimate of drug-likeness (QED) is 0.354. The average Bonchev–Trinajstić information content (AvgIpc) is 2.74. The molecule has 0 fully saturated rings. The van der Waals surface area contributed by atoms with Crippen LogP contribution in [0.5, 0.6) is 5.75 Å². The molecule has 1 aromatic heterocycles. The van der Waals surface area contributed by atoms with Crippen molar-refractivity contribution in [2.45, 2.75) is 38.2 Å². The minimum atomic E-state index is -0.510. The number of amides is 1. The van der Waals surface area contributed by atoms with E-state index in [0.29, 0.717) is 18.0 Å². The number of nitrogens with one attached hydrogen (secondary N) is 1. The van der Waals surface area contributed by atoms with Gasteiger partial charge in [-0.2, -0.15) is 0 Å². The van der Waals surface area contributed by atoms with E-state index in [2.05, 4.69) is 17.2 Å². The molecule has 1 amide bonds. The Bertz CT molecular complexity index is 974. The van der Waals surface area contributed by atoms with E-state index in [1.807, 2.05) is 61.7 Å². The Balaban J connectivity index is 1.73. The van der Waals surface area contributed by atoms with Gasteiger partial charge >= 0.3 is 6.09 Å². The maximum Gasteiger partial charge on any atom is 0.412 e. The van der Waals surface area contributed by atoms with E-state index in [-0.39, 0.29) is 6.61 Å². The van der Waals surface area contributed by atoms with Gasteiger partial charge in [0, 0.05) is 21.5 Å². The molecule has 1 N–H and O–H groups in total. The second kappa shape index (κ2) is 10.2. The van der Waals surface area contributed by atoms with Crippen molar-refractivity contribution in [3.05, 3.63) is 59.8 Å². The number of carbonyl (C=O) groups is 1. The monoisotopic (exact) mass is 410 g/mol. The normalized spacial score (nSPS) is 10.7. The molecule has 0 saturated heterocycles. The predicted octanol–water partition coefficient (Wildman–Crippen LogP) is 6.19. The topological polar surface area (TPSA) is 60.5 Å². The zero-order valence-electron chi connectivity index (χ0n) is 17.0. The van der Waals surface area contributed by atoms with Gasteiger partial charge in [-0.1, -0.05) is 25.5 Å². The van der Waals surface area contributed by atoms with Gasteiger partial charge in [0.2, 0.25) is 0 Å². The van der Waals surface area contributed by atoms with Crippen LogP contribution in [-0.4, -0.2) is 23.9 Å². The molecule has 3 rings (SSSR count). The summed E-state index contributed by atoms with van der Waals surface area (Å²) in [5, 5.41) is 3.72. The number of hydrogen-bond acceptors (Lipinski definition) is 5. The molecule has 5 nitrogen and oxygen atoms in total. The Labute approximate surface area is 175 Å². The lowest BCUT2D eigenvalue weighted by Gasteiger charge is -2.15. The number of rotatable bonds is 8. The van der Waals surface area contributed by atoms with Crippen LogP contribution >= 0.6 is 11.8 Å². The molecular weight excluding hydrogens is 384 g/mol. The third-order valence-corrected chi connectivity index (χ3v) is 5.34. The van der Waals surface area contributed by atoms with E-state index in [0.717, 1.165) is 40.0 Å². The smallest absolute Gasteiger partial charge is 0.412 e. The van der Waals surface area contributed by atoms with E-state index in [1.165, 1.54) is 0 Å². The van der Waals surface area contributed by atoms with Crippen molar-refractivity contribution < 1.29 is 14.3 Å². The van der Waals surface area contributed by atoms with Crippen molar-refractivity contribution in [3.63, 3.8) is 0 Å². The van der Waals surface area contributed by atoms with E-state index in [4.69, 9.17) is 9.47 Å². The Kier molecular flexibility index (Phi) is 7.36. The highest BCUT2D eigenvalue weighted by Gasteiger charge is 2.14. The van der Waals surface area contributed by atoms with Crippen molar-refractivity contribution in [1.29, 1.82) is 0 Å². The number of ether oxygens (including phenoxy) is 2. The molecule has 0 aliphatic carbocycles. The van der Waals surface area contributed by atoms with Gasteiger partial charge in [-0.05, 0) is 56.0 Å². The molecule has 152 valence electrons. The standard InChI is InChI=1S/C23H26N2O3S/c1-4-5-14-27-22-16(2)21(25-20-9-7-6-8-19(20)22)15-28-23(26)24-17-10-12-18(29-3)13-11-17/h6-13H,4-5,14-15H2,1-3H3,(H,24,26). The largest absolute Gasteiger partial charge is 0.493 e.